The van der Waals surface area contributed by atoms with Crippen LogP contribution in [-0.4, -0.2) is 32.4 Å². The van der Waals surface area contributed by atoms with E-state index in [1.807, 2.05) is 0 Å². The van der Waals surface area contributed by atoms with Crippen molar-refractivity contribution in [2.45, 2.75) is 17.4 Å². The van der Waals surface area contributed by atoms with Gasteiger partial charge < -0.3 is 9.84 Å². The molecule has 1 aromatic rings. The monoisotopic (exact) mass is 324 g/mol. The van der Waals surface area contributed by atoms with Gasteiger partial charge in [-0.05, 0) is 12.5 Å². The fourth-order valence-corrected chi connectivity index (χ4v) is 4.76. The van der Waals surface area contributed by atoms with Crippen LogP contribution in [0.15, 0.2) is 11.0 Å². The van der Waals surface area contributed by atoms with Crippen LogP contribution >= 0.6 is 23.2 Å². The summed E-state index contributed by atoms with van der Waals surface area (Å²) in [4.78, 5) is 11.0. The van der Waals surface area contributed by atoms with Gasteiger partial charge in [-0.3, -0.25) is 0 Å². The third kappa shape index (κ3) is 2.33. The molecule has 0 saturated heterocycles. The molecule has 0 bridgehead atoms. The molecule has 0 aliphatic carbocycles. The molecular formula is C11H10Cl2O5S. The third-order valence-electron chi connectivity index (χ3n) is 3.00. The van der Waals surface area contributed by atoms with Crippen molar-refractivity contribution >= 4 is 39.0 Å². The maximum Gasteiger partial charge on any atom is 0.337 e. The number of methoxy groups -OCH3 is 1. The number of hydrogen-bond acceptors (Lipinski definition) is 4. The first-order valence-corrected chi connectivity index (χ1v) is 7.71. The Morgan fingerprint density at radius 1 is 1.47 bits per heavy atom. The fourth-order valence-electron chi connectivity index (χ4n) is 2.13. The summed E-state index contributed by atoms with van der Waals surface area (Å²) in [5.41, 5.74) is -0.0927. The topological polar surface area (TPSA) is 80.7 Å². The molecule has 0 fully saturated rings. The van der Waals surface area contributed by atoms with Crippen LogP contribution in [0.4, 0.5) is 0 Å². The summed E-state index contributed by atoms with van der Waals surface area (Å²) in [6.07, 6.45) is -0.367. The molecule has 1 aliphatic rings. The molecule has 0 saturated carbocycles. The van der Waals surface area contributed by atoms with Gasteiger partial charge in [0.25, 0.3) is 0 Å². The predicted molar refractivity (Wildman–Crippen MR) is 69.8 cm³/mol. The summed E-state index contributed by atoms with van der Waals surface area (Å²) >= 11 is 11.9. The smallest absolute Gasteiger partial charge is 0.337 e. The number of ether oxygens (including phenoxy) is 1. The minimum atomic E-state index is -3.57. The molecule has 2 rings (SSSR count). The third-order valence-corrected chi connectivity index (χ3v) is 5.65. The number of carbonyl (C=O) groups is 1. The number of fused-ring (bicyclic) bond motifs is 1. The van der Waals surface area contributed by atoms with Crippen LogP contribution in [0.1, 0.15) is 28.4 Å². The van der Waals surface area contributed by atoms with E-state index in [0.717, 1.165) is 6.07 Å². The molecule has 104 valence electrons. The minimum Gasteiger partial charge on any atom is -0.478 e. The summed E-state index contributed by atoms with van der Waals surface area (Å²) in [6.45, 7) is 0. The van der Waals surface area contributed by atoms with Gasteiger partial charge in [-0.15, -0.1) is 0 Å². The molecule has 8 heteroatoms. The Morgan fingerprint density at radius 2 is 2.11 bits per heavy atom. The molecule has 1 aliphatic heterocycles. The lowest BCUT2D eigenvalue weighted by molar-refractivity contribution is 0.0695. The van der Waals surface area contributed by atoms with Crippen LogP contribution in [0.5, 0.6) is 0 Å². The van der Waals surface area contributed by atoms with Crippen molar-refractivity contribution in [3.63, 3.8) is 0 Å². The van der Waals surface area contributed by atoms with Gasteiger partial charge in [0.15, 0.2) is 9.84 Å². The molecule has 0 aromatic heterocycles. The lowest BCUT2D eigenvalue weighted by atomic mass is 10.0. The second-order valence-electron chi connectivity index (χ2n) is 4.10. The Morgan fingerprint density at radius 3 is 2.63 bits per heavy atom. The Balaban J connectivity index is 2.86. The standard InChI is InChI=1S/C11H10Cl2O5S/c1-18-7-2-3-19(16,17)10-6(12)4-5(11(14)15)9(13)8(7)10/h4,7H,2-3H2,1H3,(H,14,15). The van der Waals surface area contributed by atoms with E-state index in [0.29, 0.717) is 0 Å². The number of rotatable bonds is 2. The molecule has 1 N–H and O–H groups in total. The largest absolute Gasteiger partial charge is 0.478 e. The van der Waals surface area contributed by atoms with Gasteiger partial charge in [-0.2, -0.15) is 0 Å². The number of sulfone groups is 1. The van der Waals surface area contributed by atoms with Crippen molar-refractivity contribution in [2.24, 2.45) is 0 Å². The molecule has 5 nitrogen and oxygen atoms in total. The molecule has 1 heterocycles. The lowest BCUT2D eigenvalue weighted by Gasteiger charge is -2.26. The van der Waals surface area contributed by atoms with Crippen LogP contribution in [0.25, 0.3) is 0 Å². The maximum absolute atomic E-state index is 12.0. The van der Waals surface area contributed by atoms with Gasteiger partial charge >= 0.3 is 5.97 Å². The molecule has 19 heavy (non-hydrogen) atoms. The number of hydrogen-bond donors (Lipinski definition) is 1. The van der Waals surface area contributed by atoms with E-state index in [4.69, 9.17) is 33.0 Å². The van der Waals surface area contributed by atoms with Crippen molar-refractivity contribution < 1.29 is 23.1 Å². The molecule has 1 atom stereocenters. The first-order valence-electron chi connectivity index (χ1n) is 5.30. The van der Waals surface area contributed by atoms with Crippen molar-refractivity contribution in [1.82, 2.24) is 0 Å². The number of benzene rings is 1. The molecule has 1 aromatic carbocycles. The summed E-state index contributed by atoms with van der Waals surface area (Å²) in [5, 5.41) is 8.77. The highest BCUT2D eigenvalue weighted by atomic mass is 35.5. The fraction of sp³-hybridized carbons (Fsp3) is 0.364. The van der Waals surface area contributed by atoms with Gasteiger partial charge in [0.2, 0.25) is 0 Å². The summed E-state index contributed by atoms with van der Waals surface area (Å²) in [5.74, 6) is -1.38. The van der Waals surface area contributed by atoms with E-state index in [2.05, 4.69) is 0 Å². The first-order chi connectivity index (χ1) is 8.79. The van der Waals surface area contributed by atoms with E-state index >= 15 is 0 Å². The zero-order valence-electron chi connectivity index (χ0n) is 9.81. The van der Waals surface area contributed by atoms with Gasteiger partial charge in [0, 0.05) is 12.7 Å². The second-order valence-corrected chi connectivity index (χ2v) is 6.93. The van der Waals surface area contributed by atoms with Crippen molar-refractivity contribution in [3.8, 4) is 0 Å². The molecular weight excluding hydrogens is 315 g/mol. The van der Waals surface area contributed by atoms with E-state index in [1.54, 1.807) is 0 Å². The Labute approximate surface area is 120 Å². The quantitative estimate of drug-likeness (QED) is 0.904. The average Bonchev–Trinajstić information content (AvgIpc) is 2.32. The zero-order chi connectivity index (χ0) is 14.4. The first kappa shape index (κ1) is 14.6. The molecule has 0 radical (unpaired) electrons. The van der Waals surface area contributed by atoms with Crippen molar-refractivity contribution in [2.75, 3.05) is 12.9 Å². The van der Waals surface area contributed by atoms with Crippen LogP contribution in [0, 0.1) is 0 Å². The maximum atomic E-state index is 12.0. The van der Waals surface area contributed by atoms with E-state index in [1.165, 1.54) is 7.11 Å². The number of halogens is 2. The van der Waals surface area contributed by atoms with E-state index in [-0.39, 0.29) is 38.2 Å². The summed E-state index contributed by atoms with van der Waals surface area (Å²) in [7, 11) is -2.16. The SMILES string of the molecule is COC1CCS(=O)(=O)c2c(Cl)cc(C(=O)O)c(Cl)c21. The van der Waals surface area contributed by atoms with Crippen LogP contribution in [0.2, 0.25) is 10.0 Å². The lowest BCUT2D eigenvalue weighted by Crippen LogP contribution is -2.23. The van der Waals surface area contributed by atoms with Gasteiger partial charge in [0.05, 0.1) is 32.4 Å². The summed E-state index contributed by atoms with van der Waals surface area (Å²) < 4.78 is 29.3. The van der Waals surface area contributed by atoms with Crippen molar-refractivity contribution in [1.29, 1.82) is 0 Å². The van der Waals surface area contributed by atoms with Gasteiger partial charge in [0.1, 0.15) is 0 Å². The highest BCUT2D eigenvalue weighted by Gasteiger charge is 2.36. The normalized spacial score (nSPS) is 20.9. The van der Waals surface area contributed by atoms with E-state index in [9.17, 15) is 13.2 Å². The Bertz CT molecular complexity index is 654. The summed E-state index contributed by atoms with van der Waals surface area (Å²) in [6, 6.07) is 1.06. The van der Waals surface area contributed by atoms with Crippen LogP contribution in [0.3, 0.4) is 0 Å². The minimum absolute atomic E-state index is 0.110. The number of carboxylic acid groups (broad SMARTS) is 1. The Kier molecular flexibility index (Phi) is 3.79. The Hall–Kier alpha value is -0.820. The average molecular weight is 325 g/mol. The molecule has 0 amide bonds. The van der Waals surface area contributed by atoms with Crippen LogP contribution < -0.4 is 0 Å². The predicted octanol–water partition coefficient (Wildman–Crippen LogP) is 2.56. The zero-order valence-corrected chi connectivity index (χ0v) is 12.1. The van der Waals surface area contributed by atoms with Crippen molar-refractivity contribution in [3.05, 3.63) is 27.2 Å². The second kappa shape index (κ2) is 4.94. The molecule has 1 unspecified atom stereocenters. The number of carboxylic acids is 1. The van der Waals surface area contributed by atoms with Crippen LogP contribution in [-0.2, 0) is 14.6 Å². The molecule has 0 spiro atoms. The van der Waals surface area contributed by atoms with Gasteiger partial charge in [-0.1, -0.05) is 23.2 Å². The van der Waals surface area contributed by atoms with Gasteiger partial charge in [-0.25, -0.2) is 13.2 Å². The van der Waals surface area contributed by atoms with E-state index < -0.39 is 21.9 Å². The highest BCUT2D eigenvalue weighted by molar-refractivity contribution is 7.91. The number of aromatic carboxylic acids is 1. The highest BCUT2D eigenvalue weighted by Crippen LogP contribution is 2.43.